The zero-order valence-corrected chi connectivity index (χ0v) is 18.1. The number of hydrogen-bond donors (Lipinski definition) is 0. The minimum Gasteiger partial charge on any atom is -0.467 e. The number of hydrogen-bond acceptors (Lipinski definition) is 3. The highest BCUT2D eigenvalue weighted by Gasteiger charge is 2.22. The van der Waals surface area contributed by atoms with Crippen LogP contribution in [0.5, 0.6) is 0 Å². The molecule has 5 heteroatoms. The molecule has 5 nitrogen and oxygen atoms in total. The summed E-state index contributed by atoms with van der Waals surface area (Å²) in [5.41, 5.74) is 2.17. The van der Waals surface area contributed by atoms with Crippen LogP contribution in [-0.2, 0) is 29.1 Å². The van der Waals surface area contributed by atoms with Crippen LogP contribution in [0.25, 0.3) is 0 Å². The van der Waals surface area contributed by atoms with Crippen molar-refractivity contribution < 1.29 is 14.0 Å². The van der Waals surface area contributed by atoms with Gasteiger partial charge in [-0.25, -0.2) is 0 Å². The van der Waals surface area contributed by atoms with Gasteiger partial charge in [-0.1, -0.05) is 67.6 Å². The number of carbonyl (C=O) groups is 2. The molecule has 162 valence electrons. The van der Waals surface area contributed by atoms with Gasteiger partial charge < -0.3 is 14.2 Å². The van der Waals surface area contributed by atoms with Gasteiger partial charge in [0.15, 0.2) is 0 Å². The first-order valence-electron chi connectivity index (χ1n) is 10.8. The molecular formula is C26H30N2O3. The number of amides is 2. The largest absolute Gasteiger partial charge is 0.467 e. The van der Waals surface area contributed by atoms with E-state index >= 15 is 0 Å². The van der Waals surface area contributed by atoms with E-state index in [1.165, 1.54) is 0 Å². The zero-order valence-electron chi connectivity index (χ0n) is 18.1. The van der Waals surface area contributed by atoms with E-state index in [0.29, 0.717) is 32.5 Å². The maximum atomic E-state index is 13.2. The summed E-state index contributed by atoms with van der Waals surface area (Å²) < 4.78 is 5.46. The normalized spacial score (nSPS) is 10.6. The molecule has 0 aliphatic heterocycles. The molecule has 1 heterocycles. The first kappa shape index (κ1) is 22.3. The Bertz CT molecular complexity index is 924. The highest BCUT2D eigenvalue weighted by molar-refractivity contribution is 5.85. The molecule has 3 rings (SSSR count). The summed E-state index contributed by atoms with van der Waals surface area (Å²) >= 11 is 0. The SMILES string of the molecule is CCCN(CC(=O)N(Cc1ccccc1)Cc1ccco1)C(=O)CCc1ccccc1. The average Bonchev–Trinajstić information content (AvgIpc) is 3.31. The molecule has 0 bridgehead atoms. The van der Waals surface area contributed by atoms with E-state index in [-0.39, 0.29) is 18.4 Å². The van der Waals surface area contributed by atoms with Crippen LogP contribution in [-0.4, -0.2) is 34.7 Å². The maximum Gasteiger partial charge on any atom is 0.242 e. The second-order valence-corrected chi connectivity index (χ2v) is 7.62. The van der Waals surface area contributed by atoms with E-state index in [4.69, 9.17) is 4.42 Å². The molecule has 0 spiro atoms. The lowest BCUT2D eigenvalue weighted by atomic mass is 10.1. The summed E-state index contributed by atoms with van der Waals surface area (Å²) in [6, 6.07) is 23.5. The van der Waals surface area contributed by atoms with Crippen molar-refractivity contribution >= 4 is 11.8 Å². The molecule has 31 heavy (non-hydrogen) atoms. The third-order valence-corrected chi connectivity index (χ3v) is 5.14. The summed E-state index contributed by atoms with van der Waals surface area (Å²) in [5.74, 6) is 0.653. The van der Waals surface area contributed by atoms with Crippen molar-refractivity contribution in [1.29, 1.82) is 0 Å². The molecule has 3 aromatic rings. The van der Waals surface area contributed by atoms with Gasteiger partial charge in [0.1, 0.15) is 5.76 Å². The van der Waals surface area contributed by atoms with Crippen molar-refractivity contribution in [2.24, 2.45) is 0 Å². The first-order chi connectivity index (χ1) is 15.2. The molecule has 0 radical (unpaired) electrons. The summed E-state index contributed by atoms with van der Waals surface area (Å²) in [5, 5.41) is 0. The van der Waals surface area contributed by atoms with Crippen LogP contribution in [0.15, 0.2) is 83.5 Å². The minimum absolute atomic E-state index is 0.0108. The zero-order chi connectivity index (χ0) is 21.9. The maximum absolute atomic E-state index is 13.2. The minimum atomic E-state index is -0.0817. The Morgan fingerprint density at radius 2 is 1.45 bits per heavy atom. The molecule has 1 aromatic heterocycles. The molecule has 0 aliphatic carbocycles. The van der Waals surface area contributed by atoms with Crippen LogP contribution in [0.2, 0.25) is 0 Å². The number of nitrogens with zero attached hydrogens (tertiary/aromatic N) is 2. The molecule has 0 fully saturated rings. The third kappa shape index (κ3) is 7.14. The Balaban J connectivity index is 1.66. The van der Waals surface area contributed by atoms with Gasteiger partial charge in [-0.15, -0.1) is 0 Å². The standard InChI is InChI=1S/C26H30N2O3/c1-2-17-27(25(29)16-15-22-10-5-3-6-11-22)21-26(30)28(20-24-14-9-18-31-24)19-23-12-7-4-8-13-23/h3-14,18H,2,15-17,19-21H2,1H3. The molecule has 0 unspecified atom stereocenters. The van der Waals surface area contributed by atoms with Crippen molar-refractivity contribution in [1.82, 2.24) is 9.80 Å². The predicted molar refractivity (Wildman–Crippen MR) is 121 cm³/mol. The second kappa shape index (κ2) is 11.7. The fraction of sp³-hybridized carbons (Fsp3) is 0.308. The summed E-state index contributed by atoms with van der Waals surface area (Å²) in [6.07, 6.45) is 3.49. The lowest BCUT2D eigenvalue weighted by Crippen LogP contribution is -2.42. The van der Waals surface area contributed by atoms with E-state index in [2.05, 4.69) is 0 Å². The van der Waals surface area contributed by atoms with Crippen molar-refractivity contribution in [3.63, 3.8) is 0 Å². The molecule has 2 amide bonds. The fourth-order valence-electron chi connectivity index (χ4n) is 3.51. The molecule has 0 saturated carbocycles. The second-order valence-electron chi connectivity index (χ2n) is 7.62. The highest BCUT2D eigenvalue weighted by atomic mass is 16.3. The summed E-state index contributed by atoms with van der Waals surface area (Å²) in [4.78, 5) is 29.5. The van der Waals surface area contributed by atoms with Crippen LogP contribution in [0.4, 0.5) is 0 Å². The Morgan fingerprint density at radius 1 is 0.774 bits per heavy atom. The summed E-state index contributed by atoms with van der Waals surface area (Å²) in [6.45, 7) is 3.51. The third-order valence-electron chi connectivity index (χ3n) is 5.14. The molecular weight excluding hydrogens is 388 g/mol. The van der Waals surface area contributed by atoms with Crippen LogP contribution in [0.3, 0.4) is 0 Å². The number of aryl methyl sites for hydroxylation is 1. The number of carbonyl (C=O) groups excluding carboxylic acids is 2. The van der Waals surface area contributed by atoms with Gasteiger partial charge in [0.05, 0.1) is 19.4 Å². The monoisotopic (exact) mass is 418 g/mol. The Kier molecular flexibility index (Phi) is 8.47. The van der Waals surface area contributed by atoms with Crippen LogP contribution in [0, 0.1) is 0 Å². The highest BCUT2D eigenvalue weighted by Crippen LogP contribution is 2.13. The Labute approximate surface area is 184 Å². The van der Waals surface area contributed by atoms with Gasteiger partial charge in [0.2, 0.25) is 11.8 Å². The Morgan fingerprint density at radius 3 is 2.06 bits per heavy atom. The summed E-state index contributed by atoms with van der Waals surface area (Å²) in [7, 11) is 0. The van der Waals surface area contributed by atoms with Gasteiger partial charge in [0.25, 0.3) is 0 Å². The number of benzene rings is 2. The van der Waals surface area contributed by atoms with Crippen molar-refractivity contribution in [2.45, 2.75) is 39.3 Å². The van der Waals surface area contributed by atoms with Crippen molar-refractivity contribution in [3.05, 3.63) is 95.9 Å². The average molecular weight is 419 g/mol. The van der Waals surface area contributed by atoms with E-state index in [1.807, 2.05) is 79.7 Å². The first-order valence-corrected chi connectivity index (χ1v) is 10.8. The smallest absolute Gasteiger partial charge is 0.242 e. The van der Waals surface area contributed by atoms with E-state index < -0.39 is 0 Å². The molecule has 0 saturated heterocycles. The van der Waals surface area contributed by atoms with Gasteiger partial charge in [-0.3, -0.25) is 9.59 Å². The van der Waals surface area contributed by atoms with E-state index in [9.17, 15) is 9.59 Å². The number of furan rings is 1. The van der Waals surface area contributed by atoms with Crippen molar-refractivity contribution in [2.75, 3.05) is 13.1 Å². The van der Waals surface area contributed by atoms with E-state index in [0.717, 1.165) is 23.3 Å². The van der Waals surface area contributed by atoms with Crippen LogP contribution < -0.4 is 0 Å². The molecule has 0 atom stereocenters. The molecule has 2 aromatic carbocycles. The van der Waals surface area contributed by atoms with E-state index in [1.54, 1.807) is 16.1 Å². The van der Waals surface area contributed by atoms with Gasteiger partial charge in [-0.05, 0) is 36.1 Å². The van der Waals surface area contributed by atoms with Crippen LogP contribution >= 0.6 is 0 Å². The fourth-order valence-corrected chi connectivity index (χ4v) is 3.51. The van der Waals surface area contributed by atoms with Crippen LogP contribution in [0.1, 0.15) is 36.7 Å². The predicted octanol–water partition coefficient (Wildman–Crippen LogP) is 4.68. The van der Waals surface area contributed by atoms with Gasteiger partial charge >= 0.3 is 0 Å². The topological polar surface area (TPSA) is 53.8 Å². The quantitative estimate of drug-likeness (QED) is 0.454. The lowest BCUT2D eigenvalue weighted by molar-refractivity contribution is -0.141. The van der Waals surface area contributed by atoms with Gasteiger partial charge in [-0.2, -0.15) is 0 Å². The van der Waals surface area contributed by atoms with Crippen molar-refractivity contribution in [3.8, 4) is 0 Å². The lowest BCUT2D eigenvalue weighted by Gasteiger charge is -2.27. The molecule has 0 aliphatic rings. The van der Waals surface area contributed by atoms with Gasteiger partial charge in [0, 0.05) is 19.5 Å². The Hall–Kier alpha value is -3.34. The number of rotatable bonds is 11. The molecule has 0 N–H and O–H groups in total.